The van der Waals surface area contributed by atoms with Crippen LogP contribution in [-0.2, 0) is 9.59 Å². The number of hydrogen-bond acceptors (Lipinski definition) is 3. The summed E-state index contributed by atoms with van der Waals surface area (Å²) in [7, 11) is 0. The van der Waals surface area contributed by atoms with E-state index in [0.717, 1.165) is 0 Å². The number of amides is 2. The lowest BCUT2D eigenvalue weighted by molar-refractivity contribution is -0.128. The summed E-state index contributed by atoms with van der Waals surface area (Å²) in [6.07, 6.45) is 0. The van der Waals surface area contributed by atoms with Gasteiger partial charge in [-0.05, 0) is 0 Å². The minimum absolute atomic E-state index is 0.185. The molecule has 56 valence electrons. The van der Waals surface area contributed by atoms with Crippen molar-refractivity contribution in [3.05, 3.63) is 0 Å². The molecule has 1 saturated heterocycles. The Morgan fingerprint density at radius 3 is 2.80 bits per heavy atom. The fourth-order valence-electron chi connectivity index (χ4n) is 0.798. The van der Waals surface area contributed by atoms with E-state index >= 15 is 0 Å². The van der Waals surface area contributed by atoms with Crippen LogP contribution in [0.1, 0.15) is 0 Å². The first kappa shape index (κ1) is 7.01. The number of carbonyl (C=O) groups excluding carboxylic acids is 2. The summed E-state index contributed by atoms with van der Waals surface area (Å²) in [6, 6.07) is -0.541. The molecule has 10 heavy (non-hydrogen) atoms. The fraction of sp³-hybridized carbons (Fsp3) is 0.600. The fourth-order valence-corrected chi connectivity index (χ4v) is 0.798. The van der Waals surface area contributed by atoms with E-state index in [0.29, 0.717) is 6.54 Å². The Labute approximate surface area is 58.0 Å². The zero-order valence-electron chi connectivity index (χ0n) is 5.39. The number of hydrogen-bond donors (Lipinski definition) is 3. The number of nitrogens with one attached hydrogen (secondary N) is 2. The molecule has 0 spiro atoms. The molecule has 0 bridgehead atoms. The van der Waals surface area contributed by atoms with Gasteiger partial charge in [0.25, 0.3) is 0 Å². The highest BCUT2D eigenvalue weighted by Gasteiger charge is 2.21. The van der Waals surface area contributed by atoms with Gasteiger partial charge in [-0.3, -0.25) is 9.59 Å². The molecule has 1 atom stereocenters. The summed E-state index contributed by atoms with van der Waals surface area (Å²) < 4.78 is 0. The highest BCUT2D eigenvalue weighted by molar-refractivity contribution is 5.88. The van der Waals surface area contributed by atoms with E-state index in [1.807, 2.05) is 0 Å². The Kier molecular flexibility index (Phi) is 1.86. The molecule has 0 radical (unpaired) electrons. The van der Waals surface area contributed by atoms with Gasteiger partial charge in [-0.1, -0.05) is 0 Å². The summed E-state index contributed by atoms with van der Waals surface area (Å²) in [4.78, 5) is 21.1. The van der Waals surface area contributed by atoms with Crippen molar-refractivity contribution in [3.8, 4) is 0 Å². The standard InChI is InChI=1S/C5H9N3O2/c6-5(10)3-1-7-2-4(9)8-3/h3,7H,1-2H2,(H2,6,10)(H,8,9)/t3-/m1/s1. The molecular formula is C5H9N3O2. The third kappa shape index (κ3) is 1.44. The maximum atomic E-state index is 10.6. The number of primary amides is 1. The first-order valence-electron chi connectivity index (χ1n) is 2.99. The zero-order chi connectivity index (χ0) is 7.56. The van der Waals surface area contributed by atoms with Crippen LogP contribution >= 0.6 is 0 Å². The zero-order valence-corrected chi connectivity index (χ0v) is 5.39. The van der Waals surface area contributed by atoms with Gasteiger partial charge in [-0.25, -0.2) is 0 Å². The highest BCUT2D eigenvalue weighted by Crippen LogP contribution is 1.85. The van der Waals surface area contributed by atoms with Gasteiger partial charge in [0, 0.05) is 6.54 Å². The van der Waals surface area contributed by atoms with Crippen LogP contribution in [0.4, 0.5) is 0 Å². The molecule has 0 aliphatic carbocycles. The molecule has 4 N–H and O–H groups in total. The maximum Gasteiger partial charge on any atom is 0.241 e. The van der Waals surface area contributed by atoms with Crippen molar-refractivity contribution in [2.75, 3.05) is 13.1 Å². The Morgan fingerprint density at radius 1 is 1.70 bits per heavy atom. The van der Waals surface area contributed by atoms with Crippen molar-refractivity contribution in [2.24, 2.45) is 5.73 Å². The lowest BCUT2D eigenvalue weighted by atomic mass is 10.2. The molecule has 5 heteroatoms. The quantitative estimate of drug-likeness (QED) is 0.381. The average molecular weight is 143 g/mol. The summed E-state index contributed by atoms with van der Waals surface area (Å²) in [5.74, 6) is -0.685. The summed E-state index contributed by atoms with van der Waals surface area (Å²) in [5.41, 5.74) is 4.94. The van der Waals surface area contributed by atoms with Crippen LogP contribution in [-0.4, -0.2) is 30.9 Å². The second kappa shape index (κ2) is 2.66. The van der Waals surface area contributed by atoms with Gasteiger partial charge in [0.15, 0.2) is 0 Å². The Balaban J connectivity index is 2.47. The van der Waals surface area contributed by atoms with Gasteiger partial charge < -0.3 is 16.4 Å². The molecule has 0 aromatic rings. The minimum atomic E-state index is -0.541. The van der Waals surface area contributed by atoms with Crippen LogP contribution < -0.4 is 16.4 Å². The van der Waals surface area contributed by atoms with Gasteiger partial charge in [0.1, 0.15) is 6.04 Å². The van der Waals surface area contributed by atoms with E-state index in [4.69, 9.17) is 5.73 Å². The highest BCUT2D eigenvalue weighted by atomic mass is 16.2. The first-order chi connectivity index (χ1) is 4.70. The minimum Gasteiger partial charge on any atom is -0.368 e. The molecule has 2 amide bonds. The van der Waals surface area contributed by atoms with E-state index in [2.05, 4.69) is 10.6 Å². The predicted octanol–water partition coefficient (Wildman–Crippen LogP) is -2.44. The van der Waals surface area contributed by atoms with Gasteiger partial charge >= 0.3 is 0 Å². The second-order valence-corrected chi connectivity index (χ2v) is 2.15. The van der Waals surface area contributed by atoms with Gasteiger partial charge in [0.2, 0.25) is 11.8 Å². The van der Waals surface area contributed by atoms with Gasteiger partial charge in [0.05, 0.1) is 6.54 Å². The van der Waals surface area contributed by atoms with E-state index in [1.165, 1.54) is 0 Å². The van der Waals surface area contributed by atoms with Crippen LogP contribution in [0.2, 0.25) is 0 Å². The smallest absolute Gasteiger partial charge is 0.241 e. The van der Waals surface area contributed by atoms with Crippen LogP contribution in [0.3, 0.4) is 0 Å². The number of carbonyl (C=O) groups is 2. The molecule has 5 nitrogen and oxygen atoms in total. The maximum absolute atomic E-state index is 10.6. The van der Waals surface area contributed by atoms with Crippen LogP contribution in [0.5, 0.6) is 0 Å². The SMILES string of the molecule is NC(=O)[C@H]1CNCC(=O)N1. The Hall–Kier alpha value is -1.10. The van der Waals surface area contributed by atoms with E-state index in [1.54, 1.807) is 0 Å². The third-order valence-corrected chi connectivity index (χ3v) is 1.31. The van der Waals surface area contributed by atoms with E-state index in [9.17, 15) is 9.59 Å². The second-order valence-electron chi connectivity index (χ2n) is 2.15. The van der Waals surface area contributed by atoms with Crippen molar-refractivity contribution in [1.29, 1.82) is 0 Å². The molecule has 1 aliphatic heterocycles. The van der Waals surface area contributed by atoms with Crippen LogP contribution in [0.25, 0.3) is 0 Å². The summed E-state index contributed by atoms with van der Waals surface area (Å²) in [5, 5.41) is 5.19. The molecular weight excluding hydrogens is 134 g/mol. The molecule has 0 unspecified atom stereocenters. The van der Waals surface area contributed by atoms with E-state index in [-0.39, 0.29) is 12.5 Å². The van der Waals surface area contributed by atoms with Crippen LogP contribution in [0, 0.1) is 0 Å². The van der Waals surface area contributed by atoms with Crippen LogP contribution in [0.15, 0.2) is 0 Å². The lowest BCUT2D eigenvalue weighted by Crippen LogP contribution is -2.57. The Bertz CT molecular complexity index is 166. The van der Waals surface area contributed by atoms with Crippen molar-refractivity contribution in [2.45, 2.75) is 6.04 Å². The van der Waals surface area contributed by atoms with Crippen molar-refractivity contribution in [3.63, 3.8) is 0 Å². The third-order valence-electron chi connectivity index (χ3n) is 1.31. The lowest BCUT2D eigenvalue weighted by Gasteiger charge is -2.20. The first-order valence-corrected chi connectivity index (χ1v) is 2.99. The predicted molar refractivity (Wildman–Crippen MR) is 34.0 cm³/mol. The number of nitrogens with two attached hydrogens (primary N) is 1. The molecule has 1 heterocycles. The molecule has 0 aromatic heterocycles. The Morgan fingerprint density at radius 2 is 2.40 bits per heavy atom. The van der Waals surface area contributed by atoms with E-state index < -0.39 is 11.9 Å². The largest absolute Gasteiger partial charge is 0.368 e. The molecule has 0 saturated carbocycles. The summed E-state index contributed by atoms with van der Waals surface area (Å²) >= 11 is 0. The molecule has 0 aromatic carbocycles. The van der Waals surface area contributed by atoms with Gasteiger partial charge in [-0.15, -0.1) is 0 Å². The summed E-state index contributed by atoms with van der Waals surface area (Å²) in [6.45, 7) is 0.699. The normalized spacial score (nSPS) is 25.6. The number of piperazine rings is 1. The van der Waals surface area contributed by atoms with Crippen molar-refractivity contribution >= 4 is 11.8 Å². The monoisotopic (exact) mass is 143 g/mol. The average Bonchev–Trinajstić information content (AvgIpc) is 1.88. The molecule has 1 fully saturated rings. The topological polar surface area (TPSA) is 84.2 Å². The van der Waals surface area contributed by atoms with Crippen molar-refractivity contribution in [1.82, 2.24) is 10.6 Å². The van der Waals surface area contributed by atoms with Gasteiger partial charge in [-0.2, -0.15) is 0 Å². The number of rotatable bonds is 1. The molecule has 1 aliphatic rings. The van der Waals surface area contributed by atoms with Crippen molar-refractivity contribution < 1.29 is 9.59 Å². The molecule has 1 rings (SSSR count).